The highest BCUT2D eigenvalue weighted by Gasteiger charge is 2.35. The van der Waals surface area contributed by atoms with Crippen LogP contribution in [0.4, 0.5) is 0 Å². The Kier molecular flexibility index (Phi) is 4.48. The minimum Gasteiger partial charge on any atom is -0.311 e. The Bertz CT molecular complexity index is 239. The lowest BCUT2D eigenvalue weighted by Gasteiger charge is -2.40. The summed E-state index contributed by atoms with van der Waals surface area (Å²) in [6.07, 6.45) is 5.61. The van der Waals surface area contributed by atoms with E-state index in [4.69, 9.17) is 0 Å². The SMILES string of the molecule is CC(C)NC1CCCN(C2CCC(C)C2C)C1. The number of likely N-dealkylation sites (tertiary alicyclic amines) is 1. The maximum absolute atomic E-state index is 3.72. The summed E-state index contributed by atoms with van der Waals surface area (Å²) in [6, 6.07) is 2.22. The third kappa shape index (κ3) is 3.23. The molecule has 2 rings (SSSR count). The second-order valence-electron chi connectivity index (χ2n) is 6.64. The quantitative estimate of drug-likeness (QED) is 0.813. The Morgan fingerprint density at radius 3 is 2.47 bits per heavy atom. The summed E-state index contributed by atoms with van der Waals surface area (Å²) in [7, 11) is 0. The van der Waals surface area contributed by atoms with Crippen LogP contribution < -0.4 is 5.32 Å². The van der Waals surface area contributed by atoms with Crippen molar-refractivity contribution in [1.29, 1.82) is 0 Å². The molecule has 17 heavy (non-hydrogen) atoms. The van der Waals surface area contributed by atoms with E-state index in [9.17, 15) is 0 Å². The number of nitrogens with zero attached hydrogens (tertiary/aromatic N) is 1. The van der Waals surface area contributed by atoms with Gasteiger partial charge in [-0.2, -0.15) is 0 Å². The fourth-order valence-electron chi connectivity index (χ4n) is 3.77. The molecule has 4 unspecified atom stereocenters. The minimum atomic E-state index is 0.625. The first kappa shape index (κ1) is 13.4. The fraction of sp³-hybridized carbons (Fsp3) is 1.00. The van der Waals surface area contributed by atoms with Crippen molar-refractivity contribution in [2.45, 2.75) is 71.5 Å². The second-order valence-corrected chi connectivity index (χ2v) is 6.64. The average molecular weight is 238 g/mol. The van der Waals surface area contributed by atoms with Crippen molar-refractivity contribution in [3.05, 3.63) is 0 Å². The van der Waals surface area contributed by atoms with Gasteiger partial charge in [0.2, 0.25) is 0 Å². The van der Waals surface area contributed by atoms with E-state index in [-0.39, 0.29) is 0 Å². The zero-order chi connectivity index (χ0) is 12.4. The van der Waals surface area contributed by atoms with Crippen LogP contribution in [0, 0.1) is 11.8 Å². The molecule has 2 nitrogen and oxygen atoms in total. The average Bonchev–Trinajstić information content (AvgIpc) is 2.59. The Labute approximate surface area is 107 Å². The van der Waals surface area contributed by atoms with Crippen LogP contribution in [0.5, 0.6) is 0 Å². The maximum Gasteiger partial charge on any atom is 0.0197 e. The van der Waals surface area contributed by atoms with Gasteiger partial charge in [0.15, 0.2) is 0 Å². The monoisotopic (exact) mass is 238 g/mol. The van der Waals surface area contributed by atoms with Gasteiger partial charge in [0, 0.05) is 24.7 Å². The summed E-state index contributed by atoms with van der Waals surface area (Å²) < 4.78 is 0. The summed E-state index contributed by atoms with van der Waals surface area (Å²) in [5.41, 5.74) is 0. The van der Waals surface area contributed by atoms with Crippen molar-refractivity contribution >= 4 is 0 Å². The minimum absolute atomic E-state index is 0.625. The van der Waals surface area contributed by atoms with Crippen LogP contribution in [0.15, 0.2) is 0 Å². The van der Waals surface area contributed by atoms with Gasteiger partial charge < -0.3 is 5.32 Å². The van der Waals surface area contributed by atoms with Crippen LogP contribution in [0.2, 0.25) is 0 Å². The zero-order valence-electron chi connectivity index (χ0n) is 12.1. The van der Waals surface area contributed by atoms with Gasteiger partial charge in [-0.15, -0.1) is 0 Å². The maximum atomic E-state index is 3.72. The largest absolute Gasteiger partial charge is 0.311 e. The molecule has 2 heteroatoms. The Balaban J connectivity index is 1.89. The van der Waals surface area contributed by atoms with E-state index >= 15 is 0 Å². The molecule has 4 atom stereocenters. The van der Waals surface area contributed by atoms with E-state index in [2.05, 4.69) is 37.9 Å². The van der Waals surface area contributed by atoms with Crippen LogP contribution >= 0.6 is 0 Å². The van der Waals surface area contributed by atoms with E-state index in [1.54, 1.807) is 0 Å². The number of nitrogens with one attached hydrogen (secondary N) is 1. The summed E-state index contributed by atoms with van der Waals surface area (Å²) >= 11 is 0. The van der Waals surface area contributed by atoms with E-state index in [0.29, 0.717) is 6.04 Å². The number of piperidine rings is 1. The molecule has 0 radical (unpaired) electrons. The van der Waals surface area contributed by atoms with Crippen molar-refractivity contribution in [3.8, 4) is 0 Å². The smallest absolute Gasteiger partial charge is 0.0197 e. The van der Waals surface area contributed by atoms with E-state index in [0.717, 1.165) is 23.9 Å². The lowest BCUT2D eigenvalue weighted by atomic mass is 9.94. The summed E-state index contributed by atoms with van der Waals surface area (Å²) in [5.74, 6) is 1.83. The third-order valence-electron chi connectivity index (χ3n) is 4.91. The summed E-state index contributed by atoms with van der Waals surface area (Å²) in [4.78, 5) is 2.78. The van der Waals surface area contributed by atoms with E-state index in [1.165, 1.54) is 38.8 Å². The van der Waals surface area contributed by atoms with Gasteiger partial charge in [-0.05, 0) is 44.1 Å². The molecule has 0 aromatic carbocycles. The molecule has 1 saturated heterocycles. The molecule has 1 saturated carbocycles. The van der Waals surface area contributed by atoms with Crippen molar-refractivity contribution < 1.29 is 0 Å². The molecule has 2 aliphatic rings. The third-order valence-corrected chi connectivity index (χ3v) is 4.91. The van der Waals surface area contributed by atoms with Gasteiger partial charge in [-0.25, -0.2) is 0 Å². The predicted molar refractivity (Wildman–Crippen MR) is 74.2 cm³/mol. The lowest BCUT2D eigenvalue weighted by molar-refractivity contribution is 0.108. The molecule has 1 aliphatic carbocycles. The van der Waals surface area contributed by atoms with Gasteiger partial charge in [0.1, 0.15) is 0 Å². The topological polar surface area (TPSA) is 15.3 Å². The molecule has 0 amide bonds. The van der Waals surface area contributed by atoms with Gasteiger partial charge in [-0.3, -0.25) is 4.90 Å². The van der Waals surface area contributed by atoms with E-state index in [1.807, 2.05) is 0 Å². The molecule has 100 valence electrons. The predicted octanol–water partition coefficient (Wildman–Crippen LogP) is 2.88. The van der Waals surface area contributed by atoms with Crippen LogP contribution in [0.25, 0.3) is 0 Å². The molecule has 2 fully saturated rings. The van der Waals surface area contributed by atoms with Crippen molar-refractivity contribution in [2.75, 3.05) is 13.1 Å². The number of hydrogen-bond acceptors (Lipinski definition) is 2. The zero-order valence-corrected chi connectivity index (χ0v) is 12.1. The van der Waals surface area contributed by atoms with E-state index < -0.39 is 0 Å². The van der Waals surface area contributed by atoms with Crippen molar-refractivity contribution in [2.24, 2.45) is 11.8 Å². The first-order chi connectivity index (χ1) is 8.08. The highest BCUT2D eigenvalue weighted by molar-refractivity contribution is 4.90. The summed E-state index contributed by atoms with van der Waals surface area (Å²) in [5, 5.41) is 3.72. The number of rotatable bonds is 3. The van der Waals surface area contributed by atoms with Crippen molar-refractivity contribution in [3.63, 3.8) is 0 Å². The molecule has 1 heterocycles. The molecule has 1 N–H and O–H groups in total. The molecular weight excluding hydrogens is 208 g/mol. The van der Waals surface area contributed by atoms with Gasteiger partial charge >= 0.3 is 0 Å². The summed E-state index contributed by atoms with van der Waals surface area (Å²) in [6.45, 7) is 12.0. The van der Waals surface area contributed by atoms with Crippen LogP contribution in [-0.2, 0) is 0 Å². The Morgan fingerprint density at radius 2 is 1.88 bits per heavy atom. The first-order valence-corrected chi connectivity index (χ1v) is 7.58. The van der Waals surface area contributed by atoms with Crippen LogP contribution in [-0.4, -0.2) is 36.1 Å². The number of hydrogen-bond donors (Lipinski definition) is 1. The van der Waals surface area contributed by atoms with Gasteiger partial charge in [-0.1, -0.05) is 27.7 Å². The fourth-order valence-corrected chi connectivity index (χ4v) is 3.77. The molecular formula is C15H30N2. The lowest BCUT2D eigenvalue weighted by Crippen LogP contribution is -2.51. The molecule has 0 aromatic rings. The standard InChI is InChI=1S/C15H30N2/c1-11(2)16-14-6-5-9-17(10-14)15-8-7-12(3)13(15)4/h11-16H,5-10H2,1-4H3. The van der Waals surface area contributed by atoms with Gasteiger partial charge in [0.25, 0.3) is 0 Å². The Hall–Kier alpha value is -0.0800. The van der Waals surface area contributed by atoms with Gasteiger partial charge in [0.05, 0.1) is 0 Å². The molecule has 0 spiro atoms. The highest BCUT2D eigenvalue weighted by Crippen LogP contribution is 2.35. The second kappa shape index (κ2) is 5.71. The highest BCUT2D eigenvalue weighted by atomic mass is 15.2. The Morgan fingerprint density at radius 1 is 1.12 bits per heavy atom. The first-order valence-electron chi connectivity index (χ1n) is 7.58. The van der Waals surface area contributed by atoms with Crippen LogP contribution in [0.1, 0.15) is 53.4 Å². The normalized spacial score (nSPS) is 40.1. The molecule has 0 aromatic heterocycles. The van der Waals surface area contributed by atoms with Crippen LogP contribution in [0.3, 0.4) is 0 Å². The molecule has 0 bridgehead atoms. The van der Waals surface area contributed by atoms with Crippen molar-refractivity contribution in [1.82, 2.24) is 10.2 Å². The molecule has 1 aliphatic heterocycles.